The summed E-state index contributed by atoms with van der Waals surface area (Å²) in [5.41, 5.74) is 1.74. The standard InChI is InChI=1S/C21H35N3O4/c1-16-20(17(2)28-22-16)13-21(25)24(15-19-5-4-11-27-19)14-18-6-8-23(9-7-18)10-12-26-3/h18-19H,4-15H2,1-3H3. The van der Waals surface area contributed by atoms with Gasteiger partial charge in [-0.1, -0.05) is 5.16 Å². The molecule has 1 aromatic rings. The molecule has 2 aliphatic heterocycles. The van der Waals surface area contributed by atoms with Gasteiger partial charge in [0.05, 0.1) is 24.8 Å². The summed E-state index contributed by atoms with van der Waals surface area (Å²) < 4.78 is 16.3. The maximum atomic E-state index is 13.2. The van der Waals surface area contributed by atoms with Crippen molar-refractivity contribution in [3.63, 3.8) is 0 Å². The van der Waals surface area contributed by atoms with E-state index in [0.717, 1.165) is 82.1 Å². The van der Waals surface area contributed by atoms with Gasteiger partial charge in [0, 0.05) is 38.9 Å². The molecule has 1 aromatic heterocycles. The molecule has 0 radical (unpaired) electrons. The first-order valence-corrected chi connectivity index (χ1v) is 10.6. The predicted octanol–water partition coefficient (Wildman–Crippen LogP) is 2.20. The van der Waals surface area contributed by atoms with Crippen LogP contribution in [0.4, 0.5) is 0 Å². The van der Waals surface area contributed by atoms with Crippen molar-refractivity contribution in [3.8, 4) is 0 Å². The number of nitrogens with zero attached hydrogens (tertiary/aromatic N) is 3. The van der Waals surface area contributed by atoms with Crippen molar-refractivity contribution < 1.29 is 18.8 Å². The zero-order valence-corrected chi connectivity index (χ0v) is 17.6. The fourth-order valence-corrected chi connectivity index (χ4v) is 4.25. The lowest BCUT2D eigenvalue weighted by Crippen LogP contribution is -2.44. The third-order valence-electron chi connectivity index (χ3n) is 6.11. The average molecular weight is 394 g/mol. The Morgan fingerprint density at radius 3 is 2.64 bits per heavy atom. The van der Waals surface area contributed by atoms with Gasteiger partial charge in [0.25, 0.3) is 0 Å². The summed E-state index contributed by atoms with van der Waals surface area (Å²) in [6.07, 6.45) is 4.93. The topological polar surface area (TPSA) is 68.0 Å². The van der Waals surface area contributed by atoms with Crippen molar-refractivity contribution in [2.45, 2.75) is 52.1 Å². The van der Waals surface area contributed by atoms with E-state index in [1.165, 1.54) is 0 Å². The summed E-state index contributed by atoms with van der Waals surface area (Å²) in [6, 6.07) is 0. The van der Waals surface area contributed by atoms with Gasteiger partial charge >= 0.3 is 0 Å². The Morgan fingerprint density at radius 2 is 2.04 bits per heavy atom. The predicted molar refractivity (Wildman–Crippen MR) is 106 cm³/mol. The van der Waals surface area contributed by atoms with Crippen molar-refractivity contribution in [2.75, 3.05) is 53.0 Å². The Morgan fingerprint density at radius 1 is 1.25 bits per heavy atom. The first-order valence-electron chi connectivity index (χ1n) is 10.6. The number of rotatable bonds is 9. The number of likely N-dealkylation sites (tertiary alicyclic amines) is 1. The molecule has 0 spiro atoms. The second-order valence-corrected chi connectivity index (χ2v) is 8.19. The molecular formula is C21H35N3O4. The highest BCUT2D eigenvalue weighted by Gasteiger charge is 2.28. The number of aromatic nitrogens is 1. The van der Waals surface area contributed by atoms with Gasteiger partial charge in [-0.05, 0) is 58.5 Å². The lowest BCUT2D eigenvalue weighted by Gasteiger charge is -2.35. The van der Waals surface area contributed by atoms with Gasteiger partial charge in [-0.3, -0.25) is 4.79 Å². The van der Waals surface area contributed by atoms with Crippen LogP contribution in [0.25, 0.3) is 0 Å². The SMILES string of the molecule is COCCN1CCC(CN(CC2CCCO2)C(=O)Cc2c(C)noc2C)CC1. The fourth-order valence-electron chi connectivity index (χ4n) is 4.25. The molecule has 7 heteroatoms. The van der Waals surface area contributed by atoms with Crippen molar-refractivity contribution >= 4 is 5.91 Å². The molecule has 3 rings (SSSR count). The van der Waals surface area contributed by atoms with E-state index in [9.17, 15) is 4.79 Å². The highest BCUT2D eigenvalue weighted by molar-refractivity contribution is 5.79. The molecule has 0 saturated carbocycles. The van der Waals surface area contributed by atoms with E-state index in [1.807, 2.05) is 18.7 Å². The van der Waals surface area contributed by atoms with Gasteiger partial charge in [0.1, 0.15) is 5.76 Å². The molecule has 2 fully saturated rings. The molecule has 2 aliphatic rings. The number of carbonyl (C=O) groups is 1. The van der Waals surface area contributed by atoms with Crippen LogP contribution in [0.1, 0.15) is 42.7 Å². The summed E-state index contributed by atoms with van der Waals surface area (Å²) in [5.74, 6) is 1.45. The van der Waals surface area contributed by atoms with Gasteiger partial charge < -0.3 is 23.8 Å². The molecule has 1 unspecified atom stereocenters. The second-order valence-electron chi connectivity index (χ2n) is 8.19. The molecule has 1 amide bonds. The van der Waals surface area contributed by atoms with E-state index < -0.39 is 0 Å². The Kier molecular flexibility index (Phi) is 7.88. The van der Waals surface area contributed by atoms with Crippen LogP contribution < -0.4 is 0 Å². The number of aryl methyl sites for hydroxylation is 2. The van der Waals surface area contributed by atoms with E-state index in [1.54, 1.807) is 7.11 Å². The van der Waals surface area contributed by atoms with Crippen LogP contribution >= 0.6 is 0 Å². The third kappa shape index (κ3) is 5.78. The van der Waals surface area contributed by atoms with Crippen LogP contribution in [0.5, 0.6) is 0 Å². The summed E-state index contributed by atoms with van der Waals surface area (Å²) in [6.45, 7) is 10.1. The summed E-state index contributed by atoms with van der Waals surface area (Å²) >= 11 is 0. The lowest BCUT2D eigenvalue weighted by molar-refractivity contribution is -0.133. The summed E-state index contributed by atoms with van der Waals surface area (Å²) in [7, 11) is 1.75. The molecule has 28 heavy (non-hydrogen) atoms. The van der Waals surface area contributed by atoms with Gasteiger partial charge in [0.15, 0.2) is 0 Å². The number of hydrogen-bond acceptors (Lipinski definition) is 6. The second kappa shape index (κ2) is 10.4. The highest BCUT2D eigenvalue weighted by Crippen LogP contribution is 2.22. The zero-order valence-electron chi connectivity index (χ0n) is 17.6. The van der Waals surface area contributed by atoms with E-state index >= 15 is 0 Å². The zero-order chi connectivity index (χ0) is 19.9. The summed E-state index contributed by atoms with van der Waals surface area (Å²) in [4.78, 5) is 17.6. The van der Waals surface area contributed by atoms with Gasteiger partial charge in [-0.15, -0.1) is 0 Å². The van der Waals surface area contributed by atoms with Crippen LogP contribution in [0.15, 0.2) is 4.52 Å². The minimum Gasteiger partial charge on any atom is -0.383 e. The molecule has 0 N–H and O–H groups in total. The van der Waals surface area contributed by atoms with Gasteiger partial charge in [-0.25, -0.2) is 0 Å². The summed E-state index contributed by atoms with van der Waals surface area (Å²) in [5, 5.41) is 3.99. The van der Waals surface area contributed by atoms with E-state index in [4.69, 9.17) is 14.0 Å². The molecule has 1 atom stereocenters. The highest BCUT2D eigenvalue weighted by atomic mass is 16.5. The van der Waals surface area contributed by atoms with Crippen LogP contribution in [-0.2, 0) is 20.7 Å². The Balaban J connectivity index is 1.58. The molecule has 0 bridgehead atoms. The maximum absolute atomic E-state index is 13.2. The van der Waals surface area contributed by atoms with Crippen molar-refractivity contribution in [1.29, 1.82) is 0 Å². The number of amides is 1. The molecule has 3 heterocycles. The number of carbonyl (C=O) groups excluding carboxylic acids is 1. The molecule has 0 aromatic carbocycles. The van der Waals surface area contributed by atoms with Crippen LogP contribution in [0, 0.1) is 19.8 Å². The smallest absolute Gasteiger partial charge is 0.227 e. The van der Waals surface area contributed by atoms with Crippen LogP contribution in [-0.4, -0.2) is 80.0 Å². The minimum atomic E-state index is 0.159. The average Bonchev–Trinajstić information content (AvgIpc) is 3.32. The number of hydrogen-bond donors (Lipinski definition) is 0. The Labute approximate surface area is 168 Å². The first kappa shape index (κ1) is 21.3. The molecular weight excluding hydrogens is 358 g/mol. The normalized spacial score (nSPS) is 21.3. The van der Waals surface area contributed by atoms with E-state index in [-0.39, 0.29) is 12.0 Å². The van der Waals surface area contributed by atoms with Crippen LogP contribution in [0.2, 0.25) is 0 Å². The Bertz CT molecular complexity index is 600. The molecule has 158 valence electrons. The molecule has 0 aliphatic carbocycles. The maximum Gasteiger partial charge on any atom is 0.227 e. The first-order chi connectivity index (χ1) is 13.6. The number of piperidine rings is 1. The van der Waals surface area contributed by atoms with Crippen molar-refractivity contribution in [3.05, 3.63) is 17.0 Å². The molecule has 7 nitrogen and oxygen atoms in total. The monoisotopic (exact) mass is 393 g/mol. The van der Waals surface area contributed by atoms with Gasteiger partial charge in [-0.2, -0.15) is 0 Å². The quantitative estimate of drug-likeness (QED) is 0.641. The van der Waals surface area contributed by atoms with E-state index in [2.05, 4.69) is 10.1 Å². The number of ether oxygens (including phenoxy) is 2. The third-order valence-corrected chi connectivity index (χ3v) is 6.11. The number of methoxy groups -OCH3 is 1. The lowest BCUT2D eigenvalue weighted by atomic mass is 9.95. The van der Waals surface area contributed by atoms with Crippen molar-refractivity contribution in [1.82, 2.24) is 15.0 Å². The van der Waals surface area contributed by atoms with Gasteiger partial charge in [0.2, 0.25) is 5.91 Å². The Hall–Kier alpha value is -1.44. The largest absolute Gasteiger partial charge is 0.383 e. The fraction of sp³-hybridized carbons (Fsp3) is 0.810. The molecule has 2 saturated heterocycles. The van der Waals surface area contributed by atoms with E-state index in [0.29, 0.717) is 18.9 Å². The van der Waals surface area contributed by atoms with Crippen LogP contribution in [0.3, 0.4) is 0 Å². The minimum absolute atomic E-state index is 0.159. The van der Waals surface area contributed by atoms with Crippen molar-refractivity contribution in [2.24, 2.45) is 5.92 Å².